The number of nitrogens with one attached hydrogen (secondary N) is 2. The van der Waals surface area contributed by atoms with Gasteiger partial charge in [-0.15, -0.1) is 0 Å². The first kappa shape index (κ1) is 11.1. The van der Waals surface area contributed by atoms with Gasteiger partial charge in [0.05, 0.1) is 12.0 Å². The quantitative estimate of drug-likeness (QED) is 0.653. The van der Waals surface area contributed by atoms with Crippen LogP contribution in [-0.4, -0.2) is 24.2 Å². The molecule has 1 saturated heterocycles. The topological polar surface area (TPSA) is 61.4 Å². The van der Waals surface area contributed by atoms with Crippen molar-refractivity contribution in [3.05, 3.63) is 47.1 Å². The molecule has 0 aromatic carbocycles. The molecule has 0 bridgehead atoms. The van der Waals surface area contributed by atoms with E-state index in [-0.39, 0.29) is 18.1 Å². The average Bonchev–Trinajstić information content (AvgIpc) is 2.69. The zero-order chi connectivity index (χ0) is 12.8. The van der Waals surface area contributed by atoms with Crippen LogP contribution in [0.2, 0.25) is 0 Å². The number of aliphatic carboxylic acids is 1. The summed E-state index contributed by atoms with van der Waals surface area (Å²) in [4.78, 5) is 11.1. The lowest BCUT2D eigenvalue weighted by Crippen LogP contribution is -2.25. The Bertz CT molecular complexity index is 545. The predicted molar refractivity (Wildman–Crippen MR) is 64.1 cm³/mol. The molecule has 1 aliphatic carbocycles. The highest BCUT2D eigenvalue weighted by molar-refractivity contribution is 5.86. The maximum atomic E-state index is 14.1. The highest BCUT2D eigenvalue weighted by Crippen LogP contribution is 2.48. The first-order valence-corrected chi connectivity index (χ1v) is 5.85. The second-order valence-electron chi connectivity index (χ2n) is 4.62. The van der Waals surface area contributed by atoms with Crippen LogP contribution in [0.1, 0.15) is 6.42 Å². The van der Waals surface area contributed by atoms with Crippen molar-refractivity contribution in [2.75, 3.05) is 13.1 Å². The largest absolute Gasteiger partial charge is 0.477 e. The highest BCUT2D eigenvalue weighted by atomic mass is 19.1. The van der Waals surface area contributed by atoms with Gasteiger partial charge in [-0.05, 0) is 18.6 Å². The van der Waals surface area contributed by atoms with E-state index < -0.39 is 11.4 Å². The van der Waals surface area contributed by atoms with Crippen LogP contribution in [0.3, 0.4) is 0 Å². The van der Waals surface area contributed by atoms with Crippen LogP contribution in [0.25, 0.3) is 0 Å². The van der Waals surface area contributed by atoms with Gasteiger partial charge in [0.2, 0.25) is 0 Å². The first-order chi connectivity index (χ1) is 8.63. The molecule has 18 heavy (non-hydrogen) atoms. The number of carboxylic acids is 1. The molecule has 1 atom stereocenters. The van der Waals surface area contributed by atoms with Crippen molar-refractivity contribution >= 4 is 5.97 Å². The van der Waals surface area contributed by atoms with Crippen LogP contribution < -0.4 is 10.6 Å². The van der Waals surface area contributed by atoms with Crippen LogP contribution in [0.4, 0.5) is 4.39 Å². The molecule has 94 valence electrons. The van der Waals surface area contributed by atoms with Gasteiger partial charge >= 0.3 is 5.97 Å². The monoisotopic (exact) mass is 248 g/mol. The lowest BCUT2D eigenvalue weighted by atomic mass is 9.73. The Morgan fingerprint density at radius 2 is 2.28 bits per heavy atom. The molecule has 3 rings (SSSR count). The smallest absolute Gasteiger partial charge is 0.351 e. The van der Waals surface area contributed by atoms with Gasteiger partial charge in [-0.25, -0.2) is 9.18 Å². The number of hydrogen-bond donors (Lipinski definition) is 3. The highest BCUT2D eigenvalue weighted by Gasteiger charge is 2.44. The SMILES string of the molecule is O=C(O)C1=CC23CCNC2=CC=CC3=C(F)CN1. The standard InChI is InChI=1S/C13H13FN2O2/c14-9-7-16-10(12(17)18)6-13-4-5-15-11(13)3-1-2-8(9)13/h1-3,6,15-16H,4-5,7H2,(H,17,18). The van der Waals surface area contributed by atoms with E-state index in [1.807, 2.05) is 6.08 Å². The van der Waals surface area contributed by atoms with Gasteiger partial charge in [-0.3, -0.25) is 0 Å². The van der Waals surface area contributed by atoms with Gasteiger partial charge in [0, 0.05) is 17.8 Å². The fraction of sp³-hybridized carbons (Fsp3) is 0.308. The first-order valence-electron chi connectivity index (χ1n) is 5.85. The second kappa shape index (κ2) is 3.73. The average molecular weight is 248 g/mol. The minimum atomic E-state index is -1.06. The third-order valence-electron chi connectivity index (χ3n) is 3.67. The molecule has 1 spiro atoms. The molecule has 5 heteroatoms. The van der Waals surface area contributed by atoms with E-state index in [0.717, 1.165) is 5.70 Å². The van der Waals surface area contributed by atoms with E-state index in [1.165, 1.54) is 0 Å². The molecule has 4 nitrogen and oxygen atoms in total. The Morgan fingerprint density at radius 1 is 1.44 bits per heavy atom. The van der Waals surface area contributed by atoms with Crippen molar-refractivity contribution < 1.29 is 14.3 Å². The summed E-state index contributed by atoms with van der Waals surface area (Å²) in [6.07, 6.45) is 7.71. The van der Waals surface area contributed by atoms with Crippen molar-refractivity contribution in [2.45, 2.75) is 6.42 Å². The van der Waals surface area contributed by atoms with E-state index >= 15 is 0 Å². The van der Waals surface area contributed by atoms with Gasteiger partial charge in [-0.2, -0.15) is 0 Å². The fourth-order valence-electron chi connectivity index (χ4n) is 2.83. The van der Waals surface area contributed by atoms with Gasteiger partial charge < -0.3 is 15.7 Å². The van der Waals surface area contributed by atoms with E-state index in [1.54, 1.807) is 18.2 Å². The molecule has 3 aliphatic rings. The Morgan fingerprint density at radius 3 is 3.06 bits per heavy atom. The summed E-state index contributed by atoms with van der Waals surface area (Å²) in [5.41, 5.74) is 0.854. The molecule has 0 amide bonds. The van der Waals surface area contributed by atoms with Crippen LogP contribution in [0.5, 0.6) is 0 Å². The number of carboxylic acid groups (broad SMARTS) is 1. The maximum Gasteiger partial charge on any atom is 0.351 e. The van der Waals surface area contributed by atoms with Crippen LogP contribution in [-0.2, 0) is 4.79 Å². The van der Waals surface area contributed by atoms with E-state index in [0.29, 0.717) is 18.5 Å². The van der Waals surface area contributed by atoms with Gasteiger partial charge in [0.1, 0.15) is 11.5 Å². The van der Waals surface area contributed by atoms with Crippen LogP contribution in [0.15, 0.2) is 47.1 Å². The van der Waals surface area contributed by atoms with Crippen molar-refractivity contribution in [2.24, 2.45) is 5.41 Å². The number of carbonyl (C=O) groups is 1. The minimum Gasteiger partial charge on any atom is -0.477 e. The van der Waals surface area contributed by atoms with Crippen LogP contribution in [0, 0.1) is 5.41 Å². The molecule has 0 aromatic rings. The summed E-state index contributed by atoms with van der Waals surface area (Å²) in [5, 5.41) is 15.0. The molecule has 2 aliphatic heterocycles. The summed E-state index contributed by atoms with van der Waals surface area (Å²) in [5.74, 6) is -1.35. The molecule has 1 fully saturated rings. The summed E-state index contributed by atoms with van der Waals surface area (Å²) < 4.78 is 14.1. The third kappa shape index (κ3) is 1.40. The Kier molecular flexibility index (Phi) is 2.29. The van der Waals surface area contributed by atoms with Gasteiger partial charge in [0.25, 0.3) is 0 Å². The zero-order valence-electron chi connectivity index (χ0n) is 9.66. The number of hydrogen-bond acceptors (Lipinski definition) is 3. The van der Waals surface area contributed by atoms with Crippen molar-refractivity contribution in [1.29, 1.82) is 0 Å². The molecule has 0 radical (unpaired) electrons. The predicted octanol–water partition coefficient (Wildman–Crippen LogP) is 1.22. The minimum absolute atomic E-state index is 0.0602. The number of halogens is 1. The second-order valence-corrected chi connectivity index (χ2v) is 4.62. The Labute approximate surface area is 104 Å². The summed E-state index contributed by atoms with van der Waals surface area (Å²) in [6.45, 7) is 0.639. The lowest BCUT2D eigenvalue weighted by molar-refractivity contribution is -0.133. The van der Waals surface area contributed by atoms with E-state index in [9.17, 15) is 9.18 Å². The summed E-state index contributed by atoms with van der Waals surface area (Å²) in [7, 11) is 0. The van der Waals surface area contributed by atoms with Crippen molar-refractivity contribution in [3.63, 3.8) is 0 Å². The Hall–Kier alpha value is -2.04. The Balaban J connectivity index is 2.20. The third-order valence-corrected chi connectivity index (χ3v) is 3.67. The van der Waals surface area contributed by atoms with E-state index in [2.05, 4.69) is 10.6 Å². The number of allylic oxidation sites excluding steroid dienone is 4. The fourth-order valence-corrected chi connectivity index (χ4v) is 2.83. The molecular formula is C13H13FN2O2. The van der Waals surface area contributed by atoms with E-state index in [4.69, 9.17) is 5.11 Å². The molecule has 0 saturated carbocycles. The lowest BCUT2D eigenvalue weighted by Gasteiger charge is -2.29. The summed E-state index contributed by atoms with van der Waals surface area (Å²) in [6, 6.07) is 0. The van der Waals surface area contributed by atoms with Gasteiger partial charge in [0.15, 0.2) is 0 Å². The van der Waals surface area contributed by atoms with Crippen molar-refractivity contribution in [3.8, 4) is 0 Å². The summed E-state index contributed by atoms with van der Waals surface area (Å²) >= 11 is 0. The van der Waals surface area contributed by atoms with Crippen molar-refractivity contribution in [1.82, 2.24) is 10.6 Å². The molecule has 2 heterocycles. The molecular weight excluding hydrogens is 235 g/mol. The maximum absolute atomic E-state index is 14.1. The number of rotatable bonds is 1. The zero-order valence-corrected chi connectivity index (χ0v) is 9.66. The normalized spacial score (nSPS) is 29.4. The molecule has 0 aromatic heterocycles. The van der Waals surface area contributed by atoms with Gasteiger partial charge in [-0.1, -0.05) is 12.2 Å². The van der Waals surface area contributed by atoms with Crippen LogP contribution >= 0.6 is 0 Å². The molecule has 3 N–H and O–H groups in total. The molecule has 1 unspecified atom stereocenters.